The second-order valence-corrected chi connectivity index (χ2v) is 4.80. The fourth-order valence-corrected chi connectivity index (χ4v) is 2.36. The lowest BCUT2D eigenvalue weighted by Crippen LogP contribution is -1.99. The average molecular weight is 350 g/mol. The quantitative estimate of drug-likeness (QED) is 0.672. The molecule has 0 aliphatic carbocycles. The Hall–Kier alpha value is -1.62. The summed E-state index contributed by atoms with van der Waals surface area (Å²) in [7, 11) is 0. The maximum Gasteiger partial charge on any atom is 0.342 e. The number of hydrogen-bond donors (Lipinski definition) is 1. The minimum Gasteiger partial charge on any atom is -0.477 e. The molecule has 3 heteroatoms. The largest absolute Gasteiger partial charge is 0.477 e. The van der Waals surface area contributed by atoms with Crippen LogP contribution < -0.4 is 0 Å². The predicted molar refractivity (Wildman–Crippen MR) is 80.6 cm³/mol. The van der Waals surface area contributed by atoms with Gasteiger partial charge in [-0.2, -0.15) is 0 Å². The Morgan fingerprint density at radius 3 is 1.56 bits per heavy atom. The fourth-order valence-electron chi connectivity index (χ4n) is 1.74. The predicted octanol–water partition coefficient (Wildman–Crippen LogP) is 3.97. The van der Waals surface area contributed by atoms with Crippen LogP contribution in [-0.2, 0) is 4.79 Å². The Kier molecular flexibility index (Phi) is 4.15. The Balaban J connectivity index is 2.64. The van der Waals surface area contributed by atoms with Crippen LogP contribution in [0.4, 0.5) is 0 Å². The number of carbonyl (C=O) groups is 1. The topological polar surface area (TPSA) is 37.3 Å². The van der Waals surface area contributed by atoms with Crippen molar-refractivity contribution in [1.29, 1.82) is 0 Å². The molecular weight excluding hydrogens is 339 g/mol. The van der Waals surface area contributed by atoms with Gasteiger partial charge < -0.3 is 5.11 Å². The Morgan fingerprint density at radius 2 is 1.22 bits per heavy atom. The third-order valence-corrected chi connectivity index (χ3v) is 3.53. The van der Waals surface area contributed by atoms with Crippen molar-refractivity contribution in [2.24, 2.45) is 0 Å². The summed E-state index contributed by atoms with van der Waals surface area (Å²) in [6, 6.07) is 19.1. The number of rotatable bonds is 3. The van der Waals surface area contributed by atoms with Gasteiger partial charge in [-0.15, -0.1) is 0 Å². The van der Waals surface area contributed by atoms with Crippen molar-refractivity contribution in [2.45, 2.75) is 0 Å². The first-order valence-electron chi connectivity index (χ1n) is 5.44. The molecule has 0 saturated carbocycles. The van der Waals surface area contributed by atoms with Gasteiger partial charge in [0.1, 0.15) is 3.58 Å². The summed E-state index contributed by atoms with van der Waals surface area (Å²) >= 11 is 1.88. The maximum atomic E-state index is 11.2. The van der Waals surface area contributed by atoms with Gasteiger partial charge in [0.15, 0.2) is 0 Å². The van der Waals surface area contributed by atoms with Crippen LogP contribution in [0.1, 0.15) is 11.1 Å². The van der Waals surface area contributed by atoms with Crippen LogP contribution in [-0.4, -0.2) is 11.1 Å². The summed E-state index contributed by atoms with van der Waals surface area (Å²) in [5.74, 6) is -0.904. The van der Waals surface area contributed by atoms with E-state index in [-0.39, 0.29) is 0 Å². The van der Waals surface area contributed by atoms with E-state index in [0.717, 1.165) is 16.7 Å². The lowest BCUT2D eigenvalue weighted by Gasteiger charge is -2.09. The van der Waals surface area contributed by atoms with E-state index in [9.17, 15) is 9.90 Å². The van der Waals surface area contributed by atoms with Crippen molar-refractivity contribution in [2.75, 3.05) is 0 Å². The zero-order valence-corrected chi connectivity index (χ0v) is 11.7. The highest BCUT2D eigenvalue weighted by molar-refractivity contribution is 14.1. The molecule has 0 fully saturated rings. The average Bonchev–Trinajstić information content (AvgIpc) is 2.41. The molecule has 0 aliphatic rings. The number of carboxylic acids is 1. The van der Waals surface area contributed by atoms with Gasteiger partial charge in [-0.1, -0.05) is 60.7 Å². The zero-order chi connectivity index (χ0) is 13.0. The Bertz CT molecular complexity index is 532. The van der Waals surface area contributed by atoms with Crippen molar-refractivity contribution in [1.82, 2.24) is 0 Å². The van der Waals surface area contributed by atoms with E-state index < -0.39 is 5.97 Å². The normalized spacial score (nSPS) is 9.83. The van der Waals surface area contributed by atoms with Gasteiger partial charge in [0.25, 0.3) is 0 Å². The molecule has 1 N–H and O–H groups in total. The number of carboxylic acid groups (broad SMARTS) is 1. The number of halogens is 1. The standard InChI is InChI=1S/C15H11IO2/c16-14(15(17)18)13(11-7-3-1-4-8-11)12-9-5-2-6-10-12/h1-10H,(H,17,18). The van der Waals surface area contributed by atoms with E-state index in [4.69, 9.17) is 0 Å². The Morgan fingerprint density at radius 1 is 0.833 bits per heavy atom. The van der Waals surface area contributed by atoms with Crippen molar-refractivity contribution < 1.29 is 9.90 Å². The third-order valence-electron chi connectivity index (χ3n) is 2.53. The van der Waals surface area contributed by atoms with E-state index in [1.165, 1.54) is 0 Å². The molecule has 2 rings (SSSR count). The van der Waals surface area contributed by atoms with E-state index in [1.54, 1.807) is 0 Å². The van der Waals surface area contributed by atoms with Crippen LogP contribution in [0.15, 0.2) is 64.2 Å². The van der Waals surface area contributed by atoms with Gasteiger partial charge in [0.2, 0.25) is 0 Å². The van der Waals surface area contributed by atoms with Gasteiger partial charge in [0.05, 0.1) is 0 Å². The smallest absolute Gasteiger partial charge is 0.342 e. The van der Waals surface area contributed by atoms with E-state index in [2.05, 4.69) is 0 Å². The number of benzene rings is 2. The summed E-state index contributed by atoms with van der Waals surface area (Å²) in [5, 5.41) is 9.21. The van der Waals surface area contributed by atoms with Crippen molar-refractivity contribution in [3.63, 3.8) is 0 Å². The summed E-state index contributed by atoms with van der Waals surface area (Å²) in [6.45, 7) is 0. The van der Waals surface area contributed by atoms with Gasteiger partial charge in [0, 0.05) is 5.57 Å². The minimum atomic E-state index is -0.904. The first-order chi connectivity index (χ1) is 8.70. The van der Waals surface area contributed by atoms with E-state index in [1.807, 2.05) is 83.3 Å². The van der Waals surface area contributed by atoms with Crippen molar-refractivity contribution in [3.8, 4) is 0 Å². The van der Waals surface area contributed by atoms with Crippen LogP contribution in [0.3, 0.4) is 0 Å². The molecule has 2 aromatic rings. The zero-order valence-electron chi connectivity index (χ0n) is 9.51. The molecule has 0 aliphatic heterocycles. The molecule has 0 spiro atoms. The lowest BCUT2D eigenvalue weighted by molar-refractivity contribution is -0.131. The first kappa shape index (κ1) is 12.8. The number of aliphatic carboxylic acids is 1. The molecule has 2 aromatic carbocycles. The van der Waals surface area contributed by atoms with Crippen molar-refractivity contribution >= 4 is 34.1 Å². The molecule has 0 saturated heterocycles. The summed E-state index contributed by atoms with van der Waals surface area (Å²) in [6.07, 6.45) is 0. The van der Waals surface area contributed by atoms with Crippen LogP contribution in [0.2, 0.25) is 0 Å². The highest BCUT2D eigenvalue weighted by atomic mass is 127. The molecule has 0 bridgehead atoms. The lowest BCUT2D eigenvalue weighted by atomic mass is 9.98. The number of hydrogen-bond acceptors (Lipinski definition) is 1. The molecule has 18 heavy (non-hydrogen) atoms. The van der Waals surface area contributed by atoms with Gasteiger partial charge in [-0.3, -0.25) is 0 Å². The first-order valence-corrected chi connectivity index (χ1v) is 6.52. The molecule has 90 valence electrons. The molecule has 0 atom stereocenters. The van der Waals surface area contributed by atoms with Gasteiger partial charge >= 0.3 is 5.97 Å². The van der Waals surface area contributed by atoms with Crippen LogP contribution in [0.25, 0.3) is 5.57 Å². The Labute approximate surface area is 119 Å². The van der Waals surface area contributed by atoms with Crippen LogP contribution >= 0.6 is 22.6 Å². The second-order valence-electron chi connectivity index (χ2n) is 3.73. The molecule has 0 heterocycles. The van der Waals surface area contributed by atoms with E-state index in [0.29, 0.717) is 3.58 Å². The third kappa shape index (κ3) is 2.79. The summed E-state index contributed by atoms with van der Waals surface area (Å²) in [5.41, 5.74) is 2.58. The summed E-state index contributed by atoms with van der Waals surface area (Å²) < 4.78 is 0.324. The molecule has 0 radical (unpaired) electrons. The van der Waals surface area contributed by atoms with Gasteiger partial charge in [-0.05, 0) is 33.7 Å². The monoisotopic (exact) mass is 350 g/mol. The molecular formula is C15H11IO2. The molecule has 0 aromatic heterocycles. The molecule has 2 nitrogen and oxygen atoms in total. The highest BCUT2D eigenvalue weighted by Gasteiger charge is 2.14. The molecule has 0 amide bonds. The summed E-state index contributed by atoms with van der Waals surface area (Å²) in [4.78, 5) is 11.2. The SMILES string of the molecule is O=C(O)C(I)=C(c1ccccc1)c1ccccc1. The van der Waals surface area contributed by atoms with Crippen LogP contribution in [0, 0.1) is 0 Å². The van der Waals surface area contributed by atoms with Gasteiger partial charge in [-0.25, -0.2) is 4.79 Å². The van der Waals surface area contributed by atoms with Crippen molar-refractivity contribution in [3.05, 3.63) is 75.4 Å². The van der Waals surface area contributed by atoms with Crippen LogP contribution in [0.5, 0.6) is 0 Å². The minimum absolute atomic E-state index is 0.324. The second kappa shape index (κ2) is 5.82. The fraction of sp³-hybridized carbons (Fsp3) is 0. The highest BCUT2D eigenvalue weighted by Crippen LogP contribution is 2.30. The van der Waals surface area contributed by atoms with E-state index >= 15 is 0 Å². The maximum absolute atomic E-state index is 11.2. The molecule has 0 unspecified atom stereocenters.